The van der Waals surface area contributed by atoms with Crippen LogP contribution in [0.1, 0.15) is 41.5 Å². The highest BCUT2D eigenvalue weighted by atomic mass is 16.5. The normalized spacial score (nSPS) is 17.6. The lowest BCUT2D eigenvalue weighted by atomic mass is 10.0. The van der Waals surface area contributed by atoms with Gasteiger partial charge in [0.15, 0.2) is 5.65 Å². The van der Waals surface area contributed by atoms with Crippen molar-refractivity contribution >= 4 is 5.65 Å². The molecule has 28 heavy (non-hydrogen) atoms. The molecule has 0 saturated carbocycles. The summed E-state index contributed by atoms with van der Waals surface area (Å²) in [6.07, 6.45) is 8.29. The monoisotopic (exact) mass is 373 g/mol. The topological polar surface area (TPSA) is 59.5 Å². The molecule has 0 aliphatic carbocycles. The number of hydrogen-bond acceptors (Lipinski definition) is 5. The molecule has 6 nitrogen and oxygen atoms in total. The Labute approximate surface area is 163 Å². The minimum atomic E-state index is 0.361. The zero-order valence-electron chi connectivity index (χ0n) is 16.2. The summed E-state index contributed by atoms with van der Waals surface area (Å²) in [4.78, 5) is 7.22. The summed E-state index contributed by atoms with van der Waals surface area (Å²) >= 11 is 0. The number of hydrogen-bond donors (Lipinski definition) is 0. The molecule has 0 spiro atoms. The highest BCUT2D eigenvalue weighted by Crippen LogP contribution is 2.36. The molecule has 1 fully saturated rings. The maximum Gasteiger partial charge on any atom is 0.162 e. The number of aryl methyl sites for hydroxylation is 2. The van der Waals surface area contributed by atoms with E-state index in [-0.39, 0.29) is 0 Å². The van der Waals surface area contributed by atoms with E-state index >= 15 is 0 Å². The van der Waals surface area contributed by atoms with Crippen molar-refractivity contribution in [3.8, 4) is 11.1 Å². The molecule has 1 atom stereocenters. The first-order chi connectivity index (χ1) is 13.7. The van der Waals surface area contributed by atoms with Crippen molar-refractivity contribution in [2.45, 2.75) is 39.3 Å². The zero-order chi connectivity index (χ0) is 19.1. The summed E-state index contributed by atoms with van der Waals surface area (Å²) in [6.45, 7) is 5.96. The van der Waals surface area contributed by atoms with Gasteiger partial charge in [0.1, 0.15) is 5.76 Å². The van der Waals surface area contributed by atoms with Gasteiger partial charge < -0.3 is 4.52 Å². The van der Waals surface area contributed by atoms with Gasteiger partial charge in [0.05, 0.1) is 11.9 Å². The van der Waals surface area contributed by atoms with E-state index in [9.17, 15) is 0 Å². The van der Waals surface area contributed by atoms with Gasteiger partial charge in [-0.2, -0.15) is 5.10 Å². The van der Waals surface area contributed by atoms with Crippen LogP contribution in [0.5, 0.6) is 0 Å². The molecule has 0 N–H and O–H groups in total. The minimum Gasteiger partial charge on any atom is -0.361 e. The summed E-state index contributed by atoms with van der Waals surface area (Å²) < 4.78 is 7.29. The highest BCUT2D eigenvalue weighted by molar-refractivity contribution is 5.76. The molecule has 1 aliphatic rings. The van der Waals surface area contributed by atoms with Crippen LogP contribution < -0.4 is 0 Å². The van der Waals surface area contributed by atoms with Gasteiger partial charge in [-0.3, -0.25) is 4.90 Å². The molecule has 0 unspecified atom stereocenters. The molecule has 4 aromatic rings. The lowest BCUT2D eigenvalue weighted by Gasteiger charge is -2.24. The third kappa shape index (κ3) is 2.90. The Morgan fingerprint density at radius 3 is 2.79 bits per heavy atom. The summed E-state index contributed by atoms with van der Waals surface area (Å²) in [6, 6.07) is 10.6. The average Bonchev–Trinajstić information content (AvgIpc) is 3.41. The smallest absolute Gasteiger partial charge is 0.162 e. The lowest BCUT2D eigenvalue weighted by Crippen LogP contribution is -2.23. The van der Waals surface area contributed by atoms with Crippen LogP contribution in [-0.4, -0.2) is 31.2 Å². The van der Waals surface area contributed by atoms with Crippen LogP contribution in [0.2, 0.25) is 0 Å². The molecule has 1 aromatic carbocycles. The maximum atomic E-state index is 5.41. The molecule has 6 heteroatoms. The van der Waals surface area contributed by atoms with Gasteiger partial charge in [0.2, 0.25) is 0 Å². The van der Waals surface area contributed by atoms with Gasteiger partial charge in [0.25, 0.3) is 0 Å². The first kappa shape index (κ1) is 17.1. The molecule has 5 rings (SSSR count). The van der Waals surface area contributed by atoms with Crippen molar-refractivity contribution in [3.05, 3.63) is 71.5 Å². The largest absolute Gasteiger partial charge is 0.361 e. The molecule has 0 amide bonds. The Hall–Kier alpha value is -2.99. The number of nitrogens with zero attached hydrogens (tertiary/aromatic N) is 5. The van der Waals surface area contributed by atoms with Crippen molar-refractivity contribution in [1.82, 2.24) is 24.7 Å². The van der Waals surface area contributed by atoms with Gasteiger partial charge >= 0.3 is 0 Å². The third-order valence-corrected chi connectivity index (χ3v) is 5.67. The Morgan fingerprint density at radius 1 is 1.14 bits per heavy atom. The number of likely N-dealkylation sites (tertiary alicyclic amines) is 1. The van der Waals surface area contributed by atoms with Crippen LogP contribution in [0, 0.1) is 13.8 Å². The first-order valence-corrected chi connectivity index (χ1v) is 9.75. The fourth-order valence-electron chi connectivity index (χ4n) is 4.36. The average molecular weight is 373 g/mol. The number of aromatic nitrogens is 4. The Kier molecular flexibility index (Phi) is 4.20. The summed E-state index contributed by atoms with van der Waals surface area (Å²) in [7, 11) is 0. The van der Waals surface area contributed by atoms with Crippen LogP contribution in [0.3, 0.4) is 0 Å². The van der Waals surface area contributed by atoms with E-state index < -0.39 is 0 Å². The summed E-state index contributed by atoms with van der Waals surface area (Å²) in [5.74, 6) is 0.933. The molecule has 1 aliphatic heterocycles. The second-order valence-electron chi connectivity index (χ2n) is 7.52. The minimum absolute atomic E-state index is 0.361. The van der Waals surface area contributed by atoms with Crippen LogP contribution >= 0.6 is 0 Å². The fourth-order valence-corrected chi connectivity index (χ4v) is 4.36. The summed E-state index contributed by atoms with van der Waals surface area (Å²) in [5.41, 5.74) is 6.49. The predicted octanol–water partition coefficient (Wildman–Crippen LogP) is 4.34. The quantitative estimate of drug-likeness (QED) is 0.533. The molecule has 1 saturated heterocycles. The van der Waals surface area contributed by atoms with E-state index in [1.165, 1.54) is 12.0 Å². The SMILES string of the molecule is Cc1noc(C)c1[C@@H]1CCCN1Cc1cnc2c(-c3ccccc3)cnn2c1. The Morgan fingerprint density at radius 2 is 2.00 bits per heavy atom. The molecule has 0 radical (unpaired) electrons. The molecule has 3 aromatic heterocycles. The van der Waals surface area contributed by atoms with E-state index in [4.69, 9.17) is 9.51 Å². The number of benzene rings is 1. The van der Waals surface area contributed by atoms with Crippen LogP contribution in [0.4, 0.5) is 0 Å². The Bertz CT molecular complexity index is 1100. The summed E-state index contributed by atoms with van der Waals surface area (Å²) in [5, 5.41) is 8.68. The lowest BCUT2D eigenvalue weighted by molar-refractivity contribution is 0.245. The van der Waals surface area contributed by atoms with Crippen molar-refractivity contribution in [2.24, 2.45) is 0 Å². The van der Waals surface area contributed by atoms with Crippen molar-refractivity contribution in [3.63, 3.8) is 0 Å². The van der Waals surface area contributed by atoms with E-state index in [2.05, 4.69) is 33.5 Å². The van der Waals surface area contributed by atoms with E-state index in [0.29, 0.717) is 6.04 Å². The second kappa shape index (κ2) is 6.87. The van der Waals surface area contributed by atoms with Crippen molar-refractivity contribution in [2.75, 3.05) is 6.54 Å². The van der Waals surface area contributed by atoms with E-state index in [1.54, 1.807) is 0 Å². The van der Waals surface area contributed by atoms with Gasteiger partial charge in [-0.05, 0) is 38.8 Å². The van der Waals surface area contributed by atoms with Gasteiger partial charge in [-0.1, -0.05) is 35.5 Å². The van der Waals surface area contributed by atoms with Crippen LogP contribution in [-0.2, 0) is 6.54 Å². The van der Waals surface area contributed by atoms with Crippen molar-refractivity contribution < 1.29 is 4.52 Å². The van der Waals surface area contributed by atoms with Gasteiger partial charge in [-0.25, -0.2) is 9.50 Å². The molecule has 4 heterocycles. The van der Waals surface area contributed by atoms with Crippen LogP contribution in [0.25, 0.3) is 16.8 Å². The molecule has 0 bridgehead atoms. The molecular weight excluding hydrogens is 350 g/mol. The maximum absolute atomic E-state index is 5.41. The second-order valence-corrected chi connectivity index (χ2v) is 7.52. The van der Waals surface area contributed by atoms with Crippen LogP contribution in [0.15, 0.2) is 53.4 Å². The third-order valence-electron chi connectivity index (χ3n) is 5.67. The first-order valence-electron chi connectivity index (χ1n) is 9.75. The van der Waals surface area contributed by atoms with Gasteiger partial charge in [-0.15, -0.1) is 0 Å². The fraction of sp³-hybridized carbons (Fsp3) is 0.318. The highest BCUT2D eigenvalue weighted by Gasteiger charge is 2.30. The standard InChI is InChI=1S/C22H23N5O/c1-15-21(16(2)28-25-15)20-9-6-10-26(20)13-17-11-23-22-19(12-24-27(22)14-17)18-7-4-3-5-8-18/h3-5,7-8,11-12,14,20H,6,9-10,13H2,1-2H3/t20-/m0/s1. The molecule has 142 valence electrons. The molecular formula is C22H23N5O. The van der Waals surface area contributed by atoms with E-state index in [0.717, 1.165) is 53.3 Å². The zero-order valence-corrected chi connectivity index (χ0v) is 16.2. The van der Waals surface area contributed by atoms with Crippen molar-refractivity contribution in [1.29, 1.82) is 0 Å². The van der Waals surface area contributed by atoms with Gasteiger partial charge in [0, 0.05) is 41.7 Å². The van der Waals surface area contributed by atoms with E-state index in [1.807, 2.05) is 49.0 Å². The Balaban J connectivity index is 1.43. The number of fused-ring (bicyclic) bond motifs is 1. The number of rotatable bonds is 4. The predicted molar refractivity (Wildman–Crippen MR) is 107 cm³/mol.